The van der Waals surface area contributed by atoms with Crippen molar-refractivity contribution in [1.82, 2.24) is 10.6 Å². The first-order valence-corrected chi connectivity index (χ1v) is 12.3. The number of carbonyl (C=O) groups is 3. The first kappa shape index (κ1) is 26.7. The van der Waals surface area contributed by atoms with E-state index < -0.39 is 41.4 Å². The second-order valence-electron chi connectivity index (χ2n) is 9.01. The van der Waals surface area contributed by atoms with Crippen LogP contribution in [-0.4, -0.2) is 36.6 Å². The third-order valence-corrected chi connectivity index (χ3v) is 6.27. The summed E-state index contributed by atoms with van der Waals surface area (Å²) in [6.45, 7) is 1.67. The quantitative estimate of drug-likeness (QED) is 0.443. The van der Waals surface area contributed by atoms with Crippen LogP contribution in [0.1, 0.15) is 36.5 Å². The van der Waals surface area contributed by atoms with Crippen molar-refractivity contribution < 1.29 is 23.2 Å². The minimum Gasteiger partial charge on any atom is -0.351 e. The molecule has 0 aliphatic carbocycles. The third kappa shape index (κ3) is 5.94. The molecule has 3 aromatic carbocycles. The Bertz CT molecular complexity index is 1360. The minimum atomic E-state index is -1.26. The van der Waals surface area contributed by atoms with E-state index in [2.05, 4.69) is 15.6 Å². The molecule has 3 amide bonds. The summed E-state index contributed by atoms with van der Waals surface area (Å²) in [4.78, 5) is 45.7. The van der Waals surface area contributed by atoms with Gasteiger partial charge in [-0.1, -0.05) is 61.9 Å². The molecule has 0 bridgehead atoms. The van der Waals surface area contributed by atoms with Crippen LogP contribution in [0.2, 0.25) is 0 Å². The number of benzodiazepines with no additional fused rings is 1. The van der Waals surface area contributed by atoms with Gasteiger partial charge in [-0.05, 0) is 30.2 Å². The van der Waals surface area contributed by atoms with Gasteiger partial charge in [-0.2, -0.15) is 0 Å². The summed E-state index contributed by atoms with van der Waals surface area (Å²) in [6.07, 6.45) is -0.538. The molecule has 3 aromatic rings. The summed E-state index contributed by atoms with van der Waals surface area (Å²) >= 11 is 0. The van der Waals surface area contributed by atoms with E-state index in [-0.39, 0.29) is 18.5 Å². The van der Waals surface area contributed by atoms with Gasteiger partial charge in [0.1, 0.15) is 17.6 Å². The monoisotopic (exact) mass is 518 g/mol. The Labute approximate surface area is 219 Å². The lowest BCUT2D eigenvalue weighted by Crippen LogP contribution is -2.50. The van der Waals surface area contributed by atoms with E-state index >= 15 is 0 Å². The van der Waals surface area contributed by atoms with E-state index in [9.17, 15) is 23.2 Å². The second-order valence-corrected chi connectivity index (χ2v) is 9.01. The molecule has 9 heteroatoms. The number of fused-ring (bicyclic) bond motifs is 1. The number of halogens is 2. The van der Waals surface area contributed by atoms with Crippen LogP contribution in [0.25, 0.3) is 0 Å². The molecule has 196 valence electrons. The van der Waals surface area contributed by atoms with E-state index in [4.69, 9.17) is 0 Å². The maximum Gasteiger partial charge on any atom is 0.272 e. The van der Waals surface area contributed by atoms with Crippen molar-refractivity contribution >= 4 is 29.1 Å². The smallest absolute Gasteiger partial charge is 0.272 e. The molecule has 1 aliphatic rings. The number of nitrogens with zero attached hydrogens (tertiary/aromatic N) is 2. The molecule has 1 aliphatic heterocycles. The fourth-order valence-corrected chi connectivity index (χ4v) is 4.37. The highest BCUT2D eigenvalue weighted by Gasteiger charge is 2.34. The van der Waals surface area contributed by atoms with Crippen molar-refractivity contribution in [1.29, 1.82) is 0 Å². The van der Waals surface area contributed by atoms with Gasteiger partial charge in [-0.3, -0.25) is 14.4 Å². The van der Waals surface area contributed by atoms with E-state index in [0.717, 1.165) is 29.3 Å². The van der Waals surface area contributed by atoms with Gasteiger partial charge in [0, 0.05) is 30.8 Å². The van der Waals surface area contributed by atoms with E-state index in [0.29, 0.717) is 17.8 Å². The van der Waals surface area contributed by atoms with Crippen LogP contribution in [-0.2, 0) is 20.9 Å². The molecule has 38 heavy (non-hydrogen) atoms. The number of hydrogen-bond donors (Lipinski definition) is 2. The Kier molecular flexibility index (Phi) is 8.25. The lowest BCUT2D eigenvalue weighted by Gasteiger charge is -2.22. The number of rotatable bonds is 8. The summed E-state index contributed by atoms with van der Waals surface area (Å²) in [5.74, 6) is -4.38. The van der Waals surface area contributed by atoms with Crippen molar-refractivity contribution in [3.63, 3.8) is 0 Å². The number of nitrogens with one attached hydrogen (secondary N) is 2. The molecule has 0 saturated carbocycles. The highest BCUT2D eigenvalue weighted by atomic mass is 19.1. The fourth-order valence-electron chi connectivity index (χ4n) is 4.37. The Morgan fingerprint density at radius 2 is 1.63 bits per heavy atom. The fraction of sp³-hybridized carbons (Fsp3) is 0.241. The maximum atomic E-state index is 13.5. The van der Waals surface area contributed by atoms with Gasteiger partial charge in [0.25, 0.3) is 5.91 Å². The number of likely N-dealkylation sites (N-methyl/N-ethyl adjacent to an activating group) is 1. The highest BCUT2D eigenvalue weighted by Crippen LogP contribution is 2.27. The minimum absolute atomic E-state index is 0.155. The van der Waals surface area contributed by atoms with Crippen LogP contribution >= 0.6 is 0 Å². The Morgan fingerprint density at radius 3 is 2.32 bits per heavy atom. The molecule has 0 saturated heterocycles. The number of aliphatic imine (C=N–C) groups is 1. The van der Waals surface area contributed by atoms with Crippen molar-refractivity contribution in [2.45, 2.75) is 32.5 Å². The molecule has 0 spiro atoms. The van der Waals surface area contributed by atoms with Crippen molar-refractivity contribution in [3.05, 3.63) is 101 Å². The first-order chi connectivity index (χ1) is 18.3. The van der Waals surface area contributed by atoms with Crippen molar-refractivity contribution in [2.75, 3.05) is 11.9 Å². The molecule has 0 aromatic heterocycles. The number of para-hydroxylation sites is 1. The summed E-state index contributed by atoms with van der Waals surface area (Å²) in [6, 6.07) is 19.6. The number of amides is 3. The summed E-state index contributed by atoms with van der Waals surface area (Å²) in [5, 5.41) is 5.23. The lowest BCUT2D eigenvalue weighted by atomic mass is 10.0. The highest BCUT2D eigenvalue weighted by molar-refractivity contribution is 6.20. The third-order valence-electron chi connectivity index (χ3n) is 6.27. The number of carbonyl (C=O) groups excluding carboxylic acids is 3. The normalized spacial score (nSPS) is 15.7. The largest absolute Gasteiger partial charge is 0.351 e. The van der Waals surface area contributed by atoms with E-state index in [1.807, 2.05) is 55.5 Å². The summed E-state index contributed by atoms with van der Waals surface area (Å²) in [5.41, 5.74) is 2.90. The van der Waals surface area contributed by atoms with Crippen LogP contribution in [0, 0.1) is 17.6 Å². The van der Waals surface area contributed by atoms with Crippen molar-refractivity contribution in [2.24, 2.45) is 10.9 Å². The Balaban J connectivity index is 1.58. The van der Waals surface area contributed by atoms with Crippen LogP contribution in [0.4, 0.5) is 14.5 Å². The van der Waals surface area contributed by atoms with Crippen LogP contribution in [0.3, 0.4) is 0 Å². The molecule has 4 rings (SSSR count). The van der Waals surface area contributed by atoms with Gasteiger partial charge >= 0.3 is 0 Å². The van der Waals surface area contributed by atoms with Gasteiger partial charge in [0.2, 0.25) is 18.0 Å². The molecule has 1 heterocycles. The molecule has 2 N–H and O–H groups in total. The van der Waals surface area contributed by atoms with Gasteiger partial charge in [0.05, 0.1) is 11.4 Å². The summed E-state index contributed by atoms with van der Waals surface area (Å²) in [7, 11) is 1.61. The van der Waals surface area contributed by atoms with Gasteiger partial charge in [0.15, 0.2) is 0 Å². The van der Waals surface area contributed by atoms with Crippen LogP contribution in [0.15, 0.2) is 77.8 Å². The molecule has 7 nitrogen and oxygen atoms in total. The average molecular weight is 519 g/mol. The van der Waals surface area contributed by atoms with E-state index in [1.165, 1.54) is 4.90 Å². The summed E-state index contributed by atoms with van der Waals surface area (Å²) < 4.78 is 27.0. The zero-order valence-electron chi connectivity index (χ0n) is 21.1. The predicted octanol–water partition coefficient (Wildman–Crippen LogP) is 3.95. The second kappa shape index (κ2) is 11.8. The molecule has 0 radical (unpaired) electrons. The van der Waals surface area contributed by atoms with Crippen LogP contribution < -0.4 is 15.5 Å². The molecule has 2 unspecified atom stereocenters. The standard InChI is InChI=1S/C29H28F2N4O3/c1-3-9-23(27(36)32-17-18-14-20(30)16-21(31)15-18)28(37)34-26-29(38)35(2)24-13-8-7-12-22(24)25(33-26)19-10-5-4-6-11-19/h4-8,10-16,23,26H,3,9,17H2,1-2H3,(H,32,36)(H,34,37). The topological polar surface area (TPSA) is 90.9 Å². The molecular formula is C29H28F2N4O3. The first-order valence-electron chi connectivity index (χ1n) is 12.3. The van der Waals surface area contributed by atoms with Gasteiger partial charge in [-0.15, -0.1) is 0 Å². The zero-order chi connectivity index (χ0) is 27.2. The number of benzene rings is 3. The number of hydrogen-bond acceptors (Lipinski definition) is 4. The van der Waals surface area contributed by atoms with Gasteiger partial charge < -0.3 is 15.5 Å². The molecule has 2 atom stereocenters. The number of anilines is 1. The molecular weight excluding hydrogens is 490 g/mol. The Hall–Kier alpha value is -4.40. The SMILES string of the molecule is CCCC(C(=O)NCc1cc(F)cc(F)c1)C(=O)NC1N=C(c2ccccc2)c2ccccc2N(C)C1=O. The van der Waals surface area contributed by atoms with E-state index in [1.54, 1.807) is 13.1 Å². The zero-order valence-corrected chi connectivity index (χ0v) is 21.1. The van der Waals surface area contributed by atoms with Gasteiger partial charge in [-0.25, -0.2) is 13.8 Å². The van der Waals surface area contributed by atoms with Crippen molar-refractivity contribution in [3.8, 4) is 0 Å². The molecule has 0 fully saturated rings. The maximum absolute atomic E-state index is 13.5. The predicted molar refractivity (Wildman–Crippen MR) is 140 cm³/mol. The van der Waals surface area contributed by atoms with Crippen LogP contribution in [0.5, 0.6) is 0 Å². The average Bonchev–Trinajstić information content (AvgIpc) is 3.01. The lowest BCUT2D eigenvalue weighted by molar-refractivity contribution is -0.137. The Morgan fingerprint density at radius 1 is 0.974 bits per heavy atom.